The molecule has 1 N–H and O–H groups in total. The summed E-state index contributed by atoms with van der Waals surface area (Å²) in [7, 11) is 0. The van der Waals surface area contributed by atoms with Crippen LogP contribution in [0.5, 0.6) is 0 Å². The lowest BCUT2D eigenvalue weighted by Crippen LogP contribution is -2.60. The second kappa shape index (κ2) is 10.6. The highest BCUT2D eigenvalue weighted by molar-refractivity contribution is 5.98. The number of hydrazine groups is 1. The van der Waals surface area contributed by atoms with E-state index in [9.17, 15) is 14.4 Å². The van der Waals surface area contributed by atoms with Crippen molar-refractivity contribution in [3.8, 4) is 0 Å². The molecule has 3 heterocycles. The first-order valence-electron chi connectivity index (χ1n) is 12.7. The first-order valence-corrected chi connectivity index (χ1v) is 12.7. The maximum Gasteiger partial charge on any atom is 0.247 e. The fraction of sp³-hybridized carbons (Fsp3) is 0.393. The fourth-order valence-electron chi connectivity index (χ4n) is 5.42. The molecule has 3 saturated heterocycles. The number of hydrogen-bond donors (Lipinski definition) is 1. The van der Waals surface area contributed by atoms with Crippen molar-refractivity contribution in [2.45, 2.75) is 13.0 Å². The number of hydrogen-bond acceptors (Lipinski definition) is 5. The molecule has 0 saturated carbocycles. The molecule has 3 atom stereocenters. The third kappa shape index (κ3) is 4.92. The number of fused-ring (bicyclic) bond motifs is 1. The van der Waals surface area contributed by atoms with Gasteiger partial charge in [0.2, 0.25) is 17.7 Å². The number of carbonyl (C=O) groups excluding carboxylic acids is 3. The van der Waals surface area contributed by atoms with Crippen molar-refractivity contribution in [3.05, 3.63) is 72.3 Å². The summed E-state index contributed by atoms with van der Waals surface area (Å²) >= 11 is 0. The molecule has 3 aliphatic heterocycles. The normalized spacial score (nSPS) is 24.9. The average molecular weight is 488 g/mol. The van der Waals surface area contributed by atoms with Crippen LogP contribution in [0, 0.1) is 11.8 Å². The van der Waals surface area contributed by atoms with Gasteiger partial charge in [-0.25, -0.2) is 10.4 Å². The van der Waals surface area contributed by atoms with Crippen LogP contribution in [-0.2, 0) is 14.4 Å². The lowest BCUT2D eigenvalue weighted by Gasteiger charge is -2.42. The predicted octanol–water partition coefficient (Wildman–Crippen LogP) is 1.86. The van der Waals surface area contributed by atoms with Crippen molar-refractivity contribution in [3.63, 3.8) is 0 Å². The zero-order valence-electron chi connectivity index (χ0n) is 20.6. The Bertz CT molecular complexity index is 1110. The number of piperazine rings is 1. The summed E-state index contributed by atoms with van der Waals surface area (Å²) in [6.45, 7) is 6.14. The first-order chi connectivity index (χ1) is 17.5. The number of likely N-dealkylation sites (tertiary alicyclic amines) is 1. The molecule has 3 aliphatic rings. The Balaban J connectivity index is 1.24. The van der Waals surface area contributed by atoms with Crippen LogP contribution in [0.15, 0.2) is 66.7 Å². The lowest BCUT2D eigenvalue weighted by molar-refractivity contribution is -0.143. The average Bonchev–Trinajstić information content (AvgIpc) is 3.28. The van der Waals surface area contributed by atoms with Crippen molar-refractivity contribution in [2.24, 2.45) is 11.8 Å². The molecule has 0 bridgehead atoms. The third-order valence-corrected chi connectivity index (χ3v) is 7.49. The van der Waals surface area contributed by atoms with Gasteiger partial charge in [-0.05, 0) is 30.3 Å². The number of para-hydroxylation sites is 1. The van der Waals surface area contributed by atoms with Crippen LogP contribution in [0.25, 0.3) is 6.08 Å². The van der Waals surface area contributed by atoms with Gasteiger partial charge in [-0.3, -0.25) is 14.4 Å². The minimum absolute atomic E-state index is 0.0165. The second-order valence-corrected chi connectivity index (χ2v) is 9.62. The van der Waals surface area contributed by atoms with Crippen molar-refractivity contribution >= 4 is 29.5 Å². The van der Waals surface area contributed by atoms with E-state index in [4.69, 9.17) is 0 Å². The molecule has 8 heteroatoms. The number of benzene rings is 2. The summed E-state index contributed by atoms with van der Waals surface area (Å²) in [6, 6.07) is 19.0. The van der Waals surface area contributed by atoms with E-state index in [1.807, 2.05) is 71.6 Å². The molecule has 0 radical (unpaired) electrons. The Morgan fingerprint density at radius 2 is 1.56 bits per heavy atom. The van der Waals surface area contributed by atoms with Crippen molar-refractivity contribution in [1.82, 2.24) is 20.1 Å². The number of anilines is 1. The first kappa shape index (κ1) is 24.2. The van der Waals surface area contributed by atoms with Gasteiger partial charge in [-0.15, -0.1) is 0 Å². The van der Waals surface area contributed by atoms with Crippen molar-refractivity contribution in [1.29, 1.82) is 0 Å². The minimum Gasteiger partial charge on any atom is -0.339 e. The zero-order valence-corrected chi connectivity index (χ0v) is 20.6. The summed E-state index contributed by atoms with van der Waals surface area (Å²) in [4.78, 5) is 45.5. The van der Waals surface area contributed by atoms with Gasteiger partial charge in [0.1, 0.15) is 0 Å². The van der Waals surface area contributed by atoms with Gasteiger partial charge in [-0.1, -0.05) is 55.5 Å². The van der Waals surface area contributed by atoms with Gasteiger partial charge in [0, 0.05) is 45.3 Å². The highest BCUT2D eigenvalue weighted by Gasteiger charge is 2.51. The largest absolute Gasteiger partial charge is 0.339 e. The Morgan fingerprint density at radius 1 is 0.917 bits per heavy atom. The molecule has 0 aliphatic carbocycles. The van der Waals surface area contributed by atoms with E-state index in [0.29, 0.717) is 39.3 Å². The Morgan fingerprint density at radius 3 is 2.22 bits per heavy atom. The Kier molecular flexibility index (Phi) is 7.16. The van der Waals surface area contributed by atoms with E-state index in [1.165, 1.54) is 0 Å². The van der Waals surface area contributed by atoms with Crippen LogP contribution in [-0.4, -0.2) is 84.3 Å². The molecule has 5 rings (SSSR count). The summed E-state index contributed by atoms with van der Waals surface area (Å²) in [6.07, 6.45) is 3.42. The van der Waals surface area contributed by atoms with Crippen molar-refractivity contribution < 1.29 is 14.4 Å². The van der Waals surface area contributed by atoms with Gasteiger partial charge in [-0.2, -0.15) is 0 Å². The quantitative estimate of drug-likeness (QED) is 0.652. The summed E-state index contributed by atoms with van der Waals surface area (Å²) in [5, 5.41) is 1.62. The van der Waals surface area contributed by atoms with Gasteiger partial charge < -0.3 is 14.7 Å². The van der Waals surface area contributed by atoms with Gasteiger partial charge >= 0.3 is 0 Å². The summed E-state index contributed by atoms with van der Waals surface area (Å²) < 4.78 is 0. The molecule has 0 aromatic heterocycles. The molecule has 8 nitrogen and oxygen atoms in total. The van der Waals surface area contributed by atoms with Crippen LogP contribution in [0.1, 0.15) is 12.5 Å². The van der Waals surface area contributed by atoms with E-state index >= 15 is 0 Å². The third-order valence-electron chi connectivity index (χ3n) is 7.49. The molecule has 3 amide bonds. The number of nitrogens with one attached hydrogen (secondary N) is 1. The predicted molar refractivity (Wildman–Crippen MR) is 139 cm³/mol. The molecule has 0 spiro atoms. The highest BCUT2D eigenvalue weighted by Crippen LogP contribution is 2.32. The van der Waals surface area contributed by atoms with Gasteiger partial charge in [0.25, 0.3) is 0 Å². The maximum absolute atomic E-state index is 13.7. The van der Waals surface area contributed by atoms with Crippen LogP contribution in [0.3, 0.4) is 0 Å². The molecular weight excluding hydrogens is 454 g/mol. The lowest BCUT2D eigenvalue weighted by atomic mass is 9.83. The zero-order chi connectivity index (χ0) is 25.1. The molecule has 3 unspecified atom stereocenters. The fourth-order valence-corrected chi connectivity index (χ4v) is 5.42. The van der Waals surface area contributed by atoms with Gasteiger partial charge in [0.05, 0.1) is 23.6 Å². The molecule has 2 aromatic carbocycles. The SMILES string of the molecule is CCN1CC(C(=O)N2CCN(C(=O)/C=C/c3ccccc3)CC2)C2NN(c3ccccc3)C(=O)C2C1. The highest BCUT2D eigenvalue weighted by atomic mass is 16.2. The van der Waals surface area contributed by atoms with Crippen molar-refractivity contribution in [2.75, 3.05) is 50.8 Å². The van der Waals surface area contributed by atoms with Crippen LogP contribution in [0.4, 0.5) is 5.69 Å². The van der Waals surface area contributed by atoms with Crippen LogP contribution in [0.2, 0.25) is 0 Å². The van der Waals surface area contributed by atoms with E-state index in [0.717, 1.165) is 17.8 Å². The second-order valence-electron chi connectivity index (χ2n) is 9.62. The topological polar surface area (TPSA) is 76.2 Å². The molecule has 3 fully saturated rings. The number of rotatable bonds is 5. The maximum atomic E-state index is 13.7. The Labute approximate surface area is 212 Å². The van der Waals surface area contributed by atoms with E-state index in [1.54, 1.807) is 16.0 Å². The standard InChI is InChI=1S/C28H33N5O3/c1-2-30-19-23(26-24(20-30)28(36)33(29-26)22-11-7-4-8-12-22)27(35)32-17-15-31(16-18-32)25(34)14-13-21-9-5-3-6-10-21/h3-14,23-24,26,29H,2,15-20H2,1H3/b14-13+. The number of amides is 3. The number of piperidine rings is 1. The molecule has 36 heavy (non-hydrogen) atoms. The monoisotopic (exact) mass is 487 g/mol. The van der Waals surface area contributed by atoms with E-state index < -0.39 is 0 Å². The van der Waals surface area contributed by atoms with Gasteiger partial charge in [0.15, 0.2) is 0 Å². The molecule has 188 valence electrons. The van der Waals surface area contributed by atoms with E-state index in [2.05, 4.69) is 17.2 Å². The minimum atomic E-state index is -0.318. The van der Waals surface area contributed by atoms with Crippen LogP contribution < -0.4 is 10.4 Å². The van der Waals surface area contributed by atoms with Crippen LogP contribution >= 0.6 is 0 Å². The smallest absolute Gasteiger partial charge is 0.247 e. The summed E-state index contributed by atoms with van der Waals surface area (Å²) in [5.74, 6) is -0.545. The Hall–Kier alpha value is -3.49. The molecular formula is C28H33N5O3. The molecule has 2 aromatic rings. The van der Waals surface area contributed by atoms with E-state index in [-0.39, 0.29) is 35.6 Å². The number of carbonyl (C=O) groups is 3. The summed E-state index contributed by atoms with van der Waals surface area (Å²) in [5.41, 5.74) is 5.14. The number of nitrogens with zero attached hydrogens (tertiary/aromatic N) is 4.